The van der Waals surface area contributed by atoms with Crippen LogP contribution in [0.1, 0.15) is 25.7 Å². The molecule has 0 amide bonds. The molecule has 94 valence electrons. The van der Waals surface area contributed by atoms with Gasteiger partial charge in [-0.15, -0.1) is 13.2 Å². The lowest BCUT2D eigenvalue weighted by Crippen LogP contribution is -2.29. The summed E-state index contributed by atoms with van der Waals surface area (Å²) in [6.45, 7) is -0.302. The second-order valence-corrected chi connectivity index (χ2v) is 3.59. The fraction of sp³-hybridized carbons (Fsp3) is 0.889. The number of carbonyl (C=O) groups excluding carboxylic acids is 1. The van der Waals surface area contributed by atoms with Crippen molar-refractivity contribution < 1.29 is 27.5 Å². The third kappa shape index (κ3) is 5.32. The number of hydroxylamine groups is 1. The van der Waals surface area contributed by atoms with Gasteiger partial charge in [0.05, 0.1) is 12.5 Å². The SMILES string of the molecule is O=C(OCCNOC(F)(F)F)C1CCCC1. The minimum absolute atomic E-state index is 0.0801. The molecular formula is C9H14F3NO3. The number of hydrogen-bond donors (Lipinski definition) is 1. The zero-order chi connectivity index (χ0) is 12.0. The maximum Gasteiger partial charge on any atom is 0.538 e. The van der Waals surface area contributed by atoms with Gasteiger partial charge in [0.25, 0.3) is 0 Å². The average molecular weight is 241 g/mol. The van der Waals surface area contributed by atoms with Crippen LogP contribution < -0.4 is 5.48 Å². The molecule has 0 aliphatic heterocycles. The highest BCUT2D eigenvalue weighted by molar-refractivity contribution is 5.72. The number of esters is 1. The van der Waals surface area contributed by atoms with Crippen LogP contribution in [0, 0.1) is 5.92 Å². The lowest BCUT2D eigenvalue weighted by Gasteiger charge is -2.10. The molecule has 4 nitrogen and oxygen atoms in total. The number of hydrogen-bond acceptors (Lipinski definition) is 4. The van der Waals surface area contributed by atoms with E-state index in [0.29, 0.717) is 0 Å². The van der Waals surface area contributed by atoms with Gasteiger partial charge in [-0.2, -0.15) is 5.48 Å². The van der Waals surface area contributed by atoms with Crippen molar-refractivity contribution in [3.05, 3.63) is 0 Å². The van der Waals surface area contributed by atoms with Gasteiger partial charge in [0, 0.05) is 0 Å². The Morgan fingerprint density at radius 2 is 1.94 bits per heavy atom. The van der Waals surface area contributed by atoms with Crippen LogP contribution in [0.3, 0.4) is 0 Å². The minimum atomic E-state index is -4.71. The number of halogens is 3. The molecule has 0 radical (unpaired) electrons. The van der Waals surface area contributed by atoms with E-state index < -0.39 is 6.36 Å². The van der Waals surface area contributed by atoms with E-state index in [9.17, 15) is 18.0 Å². The maximum absolute atomic E-state index is 11.5. The summed E-state index contributed by atoms with van der Waals surface area (Å²) in [5, 5.41) is 0. The highest BCUT2D eigenvalue weighted by atomic mass is 19.4. The molecule has 16 heavy (non-hydrogen) atoms. The summed E-state index contributed by atoms with van der Waals surface area (Å²) in [6, 6.07) is 0. The van der Waals surface area contributed by atoms with Gasteiger partial charge in [0.1, 0.15) is 6.61 Å². The third-order valence-corrected chi connectivity index (χ3v) is 2.32. The van der Waals surface area contributed by atoms with Crippen molar-refractivity contribution in [1.29, 1.82) is 0 Å². The van der Waals surface area contributed by atoms with Crippen LogP contribution in [0.4, 0.5) is 13.2 Å². The van der Waals surface area contributed by atoms with Crippen LogP contribution in [0.5, 0.6) is 0 Å². The Hall–Kier alpha value is -0.820. The fourth-order valence-electron chi connectivity index (χ4n) is 1.61. The molecule has 1 fully saturated rings. The minimum Gasteiger partial charge on any atom is -0.464 e. The van der Waals surface area contributed by atoms with Gasteiger partial charge in [-0.25, -0.2) is 4.84 Å². The highest BCUT2D eigenvalue weighted by Crippen LogP contribution is 2.25. The molecule has 0 bridgehead atoms. The quantitative estimate of drug-likeness (QED) is 0.452. The van der Waals surface area contributed by atoms with Gasteiger partial charge in [0.15, 0.2) is 0 Å². The van der Waals surface area contributed by atoms with E-state index in [1.165, 1.54) is 0 Å². The fourth-order valence-corrected chi connectivity index (χ4v) is 1.61. The topological polar surface area (TPSA) is 47.6 Å². The average Bonchev–Trinajstić information content (AvgIpc) is 2.67. The first-order valence-electron chi connectivity index (χ1n) is 5.13. The number of carbonyl (C=O) groups is 1. The molecule has 0 atom stereocenters. The largest absolute Gasteiger partial charge is 0.538 e. The summed E-state index contributed by atoms with van der Waals surface area (Å²) in [6.07, 6.45) is -1.07. The Bertz CT molecular complexity index is 227. The molecular weight excluding hydrogens is 227 g/mol. The number of alkyl halides is 3. The molecule has 1 saturated carbocycles. The van der Waals surface area contributed by atoms with Crippen LogP contribution >= 0.6 is 0 Å². The van der Waals surface area contributed by atoms with E-state index in [0.717, 1.165) is 25.7 Å². The standard InChI is InChI=1S/C9H14F3NO3/c10-9(11,12)16-13-5-6-15-8(14)7-3-1-2-4-7/h7,13H,1-6H2. The van der Waals surface area contributed by atoms with E-state index in [4.69, 9.17) is 4.74 Å². The molecule has 1 rings (SSSR count). The Labute approximate surface area is 91.0 Å². The Morgan fingerprint density at radius 3 is 2.50 bits per heavy atom. The lowest BCUT2D eigenvalue weighted by molar-refractivity contribution is -0.350. The smallest absolute Gasteiger partial charge is 0.464 e. The van der Waals surface area contributed by atoms with Gasteiger partial charge in [-0.05, 0) is 12.8 Å². The van der Waals surface area contributed by atoms with Crippen molar-refractivity contribution in [2.24, 2.45) is 5.92 Å². The van der Waals surface area contributed by atoms with Crippen molar-refractivity contribution in [3.63, 3.8) is 0 Å². The zero-order valence-electron chi connectivity index (χ0n) is 8.68. The van der Waals surface area contributed by atoms with Crippen molar-refractivity contribution >= 4 is 5.97 Å². The number of ether oxygens (including phenoxy) is 1. The molecule has 1 aliphatic rings. The van der Waals surface area contributed by atoms with E-state index in [1.807, 2.05) is 0 Å². The summed E-state index contributed by atoms with van der Waals surface area (Å²) >= 11 is 0. The first-order valence-corrected chi connectivity index (χ1v) is 5.13. The van der Waals surface area contributed by atoms with Crippen molar-refractivity contribution in [3.8, 4) is 0 Å². The third-order valence-electron chi connectivity index (χ3n) is 2.32. The van der Waals surface area contributed by atoms with E-state index in [2.05, 4.69) is 4.84 Å². The summed E-state index contributed by atoms with van der Waals surface area (Å²) in [7, 11) is 0. The predicted molar refractivity (Wildman–Crippen MR) is 48.1 cm³/mol. The van der Waals surface area contributed by atoms with Crippen molar-refractivity contribution in [2.45, 2.75) is 32.0 Å². The Balaban J connectivity index is 2.00. The summed E-state index contributed by atoms with van der Waals surface area (Å²) in [5.41, 5.74) is 1.67. The first kappa shape index (κ1) is 13.2. The number of rotatable bonds is 5. The molecule has 0 spiro atoms. The summed E-state index contributed by atoms with van der Waals surface area (Å²) in [5.74, 6) is -0.408. The molecule has 0 aromatic heterocycles. The van der Waals surface area contributed by atoms with Crippen LogP contribution in [0.15, 0.2) is 0 Å². The van der Waals surface area contributed by atoms with Crippen molar-refractivity contribution in [2.75, 3.05) is 13.2 Å². The van der Waals surface area contributed by atoms with E-state index in [-0.39, 0.29) is 25.0 Å². The molecule has 1 aliphatic carbocycles. The first-order chi connectivity index (χ1) is 7.49. The summed E-state index contributed by atoms with van der Waals surface area (Å²) < 4.78 is 39.3. The lowest BCUT2D eigenvalue weighted by atomic mass is 10.1. The zero-order valence-corrected chi connectivity index (χ0v) is 8.68. The molecule has 7 heteroatoms. The van der Waals surface area contributed by atoms with Gasteiger partial charge < -0.3 is 4.74 Å². The van der Waals surface area contributed by atoms with Gasteiger partial charge >= 0.3 is 12.3 Å². The molecule has 0 aromatic carbocycles. The number of nitrogens with one attached hydrogen (secondary N) is 1. The van der Waals surface area contributed by atoms with E-state index >= 15 is 0 Å². The van der Waals surface area contributed by atoms with Crippen LogP contribution in [0.25, 0.3) is 0 Å². The van der Waals surface area contributed by atoms with Gasteiger partial charge in [0.2, 0.25) is 0 Å². The van der Waals surface area contributed by atoms with Gasteiger partial charge in [-0.1, -0.05) is 12.8 Å². The maximum atomic E-state index is 11.5. The molecule has 1 N–H and O–H groups in total. The highest BCUT2D eigenvalue weighted by Gasteiger charge is 2.29. The normalized spacial score (nSPS) is 17.7. The molecule has 0 heterocycles. The van der Waals surface area contributed by atoms with Crippen molar-refractivity contribution in [1.82, 2.24) is 5.48 Å². The van der Waals surface area contributed by atoms with Crippen LogP contribution in [-0.4, -0.2) is 25.5 Å². The monoisotopic (exact) mass is 241 g/mol. The van der Waals surface area contributed by atoms with Crippen LogP contribution in [0.2, 0.25) is 0 Å². The molecule has 0 saturated heterocycles. The Morgan fingerprint density at radius 1 is 1.31 bits per heavy atom. The van der Waals surface area contributed by atoms with Gasteiger partial charge in [-0.3, -0.25) is 4.79 Å². The Kier molecular flexibility index (Phi) is 5.01. The van der Waals surface area contributed by atoms with E-state index in [1.54, 1.807) is 5.48 Å². The molecule has 0 aromatic rings. The van der Waals surface area contributed by atoms with Crippen LogP contribution in [-0.2, 0) is 14.4 Å². The second kappa shape index (κ2) is 6.05. The predicted octanol–water partition coefficient (Wildman–Crippen LogP) is 1.76. The second-order valence-electron chi connectivity index (χ2n) is 3.59. The summed E-state index contributed by atoms with van der Waals surface area (Å²) in [4.78, 5) is 14.6. The molecule has 0 unspecified atom stereocenters.